The van der Waals surface area contributed by atoms with Crippen LogP contribution < -0.4 is 19.5 Å². The molecule has 1 amide bonds. The van der Waals surface area contributed by atoms with E-state index in [1.54, 1.807) is 60.7 Å². The smallest absolute Gasteiger partial charge is 0.339 e. The van der Waals surface area contributed by atoms with Crippen molar-refractivity contribution in [3.8, 4) is 17.2 Å². The Kier molecular flexibility index (Phi) is 6.47. The summed E-state index contributed by atoms with van der Waals surface area (Å²) >= 11 is 6.15. The maximum atomic E-state index is 13.1. The summed E-state index contributed by atoms with van der Waals surface area (Å²) in [4.78, 5) is 25.9. The van der Waals surface area contributed by atoms with Gasteiger partial charge >= 0.3 is 5.97 Å². The van der Waals surface area contributed by atoms with Crippen LogP contribution in [0.4, 0.5) is 5.69 Å². The summed E-state index contributed by atoms with van der Waals surface area (Å²) in [7, 11) is 1.50. The van der Waals surface area contributed by atoms with E-state index in [1.807, 2.05) is 6.07 Å². The van der Waals surface area contributed by atoms with Gasteiger partial charge in [-0.2, -0.15) is 0 Å². The van der Waals surface area contributed by atoms with Gasteiger partial charge in [0.25, 0.3) is 5.91 Å². The van der Waals surface area contributed by atoms with Gasteiger partial charge in [-0.05, 0) is 36.4 Å². The third kappa shape index (κ3) is 4.78. The molecule has 0 aliphatic carbocycles. The molecule has 1 N–H and O–H groups in total. The number of amides is 1. The van der Waals surface area contributed by atoms with Gasteiger partial charge < -0.3 is 24.3 Å². The Bertz CT molecular complexity index is 1130. The van der Waals surface area contributed by atoms with Crippen LogP contribution in [0, 0.1) is 0 Å². The van der Waals surface area contributed by atoms with Gasteiger partial charge in [-0.25, -0.2) is 4.79 Å². The standard InChI is InChI=1S/C24H20ClNO6/c1-29-19-10-8-17(14-18(19)25)26-23(27)22(15-5-3-2-4-6-15)32-24(28)16-7-9-20-21(13-16)31-12-11-30-20/h2-10,13-14,22H,11-12H2,1H3,(H,26,27)/t22-/m1/s1. The summed E-state index contributed by atoms with van der Waals surface area (Å²) in [6.45, 7) is 0.841. The average molecular weight is 454 g/mol. The lowest BCUT2D eigenvalue weighted by molar-refractivity contribution is -0.125. The maximum absolute atomic E-state index is 13.1. The number of hydrogen-bond acceptors (Lipinski definition) is 6. The Morgan fingerprint density at radius 3 is 2.44 bits per heavy atom. The maximum Gasteiger partial charge on any atom is 0.339 e. The van der Waals surface area contributed by atoms with E-state index in [2.05, 4.69) is 5.32 Å². The Morgan fingerprint density at radius 1 is 0.969 bits per heavy atom. The molecule has 0 radical (unpaired) electrons. The number of ether oxygens (including phenoxy) is 4. The van der Waals surface area contributed by atoms with E-state index in [9.17, 15) is 9.59 Å². The van der Waals surface area contributed by atoms with E-state index in [4.69, 9.17) is 30.5 Å². The highest BCUT2D eigenvalue weighted by molar-refractivity contribution is 6.32. The van der Waals surface area contributed by atoms with Gasteiger partial charge in [-0.3, -0.25) is 4.79 Å². The van der Waals surface area contributed by atoms with Gasteiger partial charge in [0, 0.05) is 11.3 Å². The first-order chi connectivity index (χ1) is 15.5. The number of esters is 1. The molecule has 1 aliphatic rings. The van der Waals surface area contributed by atoms with Crippen molar-refractivity contribution in [2.24, 2.45) is 0 Å². The third-order valence-electron chi connectivity index (χ3n) is 4.76. The van der Waals surface area contributed by atoms with Crippen molar-refractivity contribution in [1.29, 1.82) is 0 Å². The van der Waals surface area contributed by atoms with E-state index in [0.717, 1.165) is 0 Å². The lowest BCUT2D eigenvalue weighted by Gasteiger charge is -2.20. The van der Waals surface area contributed by atoms with Crippen LogP contribution in [0.25, 0.3) is 0 Å². The molecule has 0 spiro atoms. The second-order valence-corrected chi connectivity index (χ2v) is 7.30. The highest BCUT2D eigenvalue weighted by atomic mass is 35.5. The lowest BCUT2D eigenvalue weighted by Crippen LogP contribution is -2.26. The normalized spacial score (nSPS) is 13.1. The van der Waals surface area contributed by atoms with Gasteiger partial charge in [-0.1, -0.05) is 41.9 Å². The van der Waals surface area contributed by atoms with Gasteiger partial charge in [0.2, 0.25) is 6.10 Å². The van der Waals surface area contributed by atoms with Crippen molar-refractivity contribution in [3.63, 3.8) is 0 Å². The molecule has 3 aromatic rings. The summed E-state index contributed by atoms with van der Waals surface area (Å²) in [5, 5.41) is 3.08. The molecule has 3 aromatic carbocycles. The summed E-state index contributed by atoms with van der Waals surface area (Å²) < 4.78 is 21.8. The molecule has 1 aliphatic heterocycles. The molecule has 8 heteroatoms. The van der Waals surface area contributed by atoms with E-state index in [1.165, 1.54) is 7.11 Å². The number of anilines is 1. The fourth-order valence-corrected chi connectivity index (χ4v) is 3.46. The van der Waals surface area contributed by atoms with Crippen molar-refractivity contribution in [1.82, 2.24) is 0 Å². The largest absolute Gasteiger partial charge is 0.495 e. The Labute approximate surface area is 189 Å². The molecular weight excluding hydrogens is 434 g/mol. The number of benzene rings is 3. The van der Waals surface area contributed by atoms with Crippen molar-refractivity contribution < 1.29 is 28.5 Å². The van der Waals surface area contributed by atoms with Crippen LogP contribution in [0.15, 0.2) is 66.7 Å². The minimum absolute atomic E-state index is 0.246. The number of hydrogen-bond donors (Lipinski definition) is 1. The number of carbonyl (C=O) groups excluding carboxylic acids is 2. The Balaban J connectivity index is 1.56. The van der Waals surface area contributed by atoms with Crippen LogP contribution >= 0.6 is 11.6 Å². The highest BCUT2D eigenvalue weighted by Crippen LogP contribution is 2.32. The average Bonchev–Trinajstić information content (AvgIpc) is 2.82. The van der Waals surface area contributed by atoms with Gasteiger partial charge in [0.05, 0.1) is 17.7 Å². The van der Waals surface area contributed by atoms with Crippen molar-refractivity contribution in [3.05, 3.63) is 82.9 Å². The summed E-state index contributed by atoms with van der Waals surface area (Å²) in [6.07, 6.45) is -1.18. The lowest BCUT2D eigenvalue weighted by atomic mass is 10.1. The number of nitrogens with one attached hydrogen (secondary N) is 1. The minimum Gasteiger partial charge on any atom is -0.495 e. The molecule has 0 saturated heterocycles. The Hall–Kier alpha value is -3.71. The van der Waals surface area contributed by atoms with Crippen LogP contribution in [-0.4, -0.2) is 32.2 Å². The summed E-state index contributed by atoms with van der Waals surface area (Å²) in [5.41, 5.74) is 1.21. The van der Waals surface area contributed by atoms with Crippen LogP contribution in [-0.2, 0) is 9.53 Å². The molecule has 0 fully saturated rings. The van der Waals surface area contributed by atoms with Gasteiger partial charge in [-0.15, -0.1) is 0 Å². The fourth-order valence-electron chi connectivity index (χ4n) is 3.20. The van der Waals surface area contributed by atoms with Crippen LogP contribution in [0.2, 0.25) is 5.02 Å². The molecule has 1 atom stereocenters. The molecule has 0 saturated carbocycles. The third-order valence-corrected chi connectivity index (χ3v) is 5.06. The van der Waals surface area contributed by atoms with Gasteiger partial charge in [0.15, 0.2) is 11.5 Å². The molecule has 32 heavy (non-hydrogen) atoms. The first-order valence-corrected chi connectivity index (χ1v) is 10.2. The van der Waals surface area contributed by atoms with Gasteiger partial charge in [0.1, 0.15) is 19.0 Å². The monoisotopic (exact) mass is 453 g/mol. The fraction of sp³-hybridized carbons (Fsp3) is 0.167. The molecule has 4 rings (SSSR count). The topological polar surface area (TPSA) is 83.1 Å². The van der Waals surface area contributed by atoms with Crippen molar-refractivity contribution >= 4 is 29.2 Å². The quantitative estimate of drug-likeness (QED) is 0.547. The predicted molar refractivity (Wildman–Crippen MR) is 119 cm³/mol. The number of fused-ring (bicyclic) bond motifs is 1. The highest BCUT2D eigenvalue weighted by Gasteiger charge is 2.27. The molecule has 0 bridgehead atoms. The van der Waals surface area contributed by atoms with Crippen LogP contribution in [0.1, 0.15) is 22.0 Å². The second-order valence-electron chi connectivity index (χ2n) is 6.89. The SMILES string of the molecule is COc1ccc(NC(=O)[C@H](OC(=O)c2ccc3c(c2)OCCO3)c2ccccc2)cc1Cl. The number of rotatable bonds is 6. The number of methoxy groups -OCH3 is 1. The zero-order valence-electron chi connectivity index (χ0n) is 17.2. The van der Waals surface area contributed by atoms with Crippen molar-refractivity contribution in [2.45, 2.75) is 6.10 Å². The van der Waals surface area contributed by atoms with E-state index < -0.39 is 18.0 Å². The zero-order chi connectivity index (χ0) is 22.5. The summed E-state index contributed by atoms with van der Waals surface area (Å²) in [5.74, 6) is 0.303. The first-order valence-electron chi connectivity index (χ1n) is 9.85. The molecule has 164 valence electrons. The number of halogens is 1. The molecule has 0 unspecified atom stereocenters. The van der Waals surface area contributed by atoms with Crippen molar-refractivity contribution in [2.75, 3.05) is 25.6 Å². The first kappa shape index (κ1) is 21.5. The molecule has 0 aromatic heterocycles. The van der Waals surface area contributed by atoms with E-state index >= 15 is 0 Å². The Morgan fingerprint density at radius 2 is 1.72 bits per heavy atom. The molecular formula is C24H20ClNO6. The number of carbonyl (C=O) groups is 2. The minimum atomic E-state index is -1.18. The predicted octanol–water partition coefficient (Wildman–Crippen LogP) is 4.66. The van der Waals surface area contributed by atoms with Crippen LogP contribution in [0.3, 0.4) is 0 Å². The summed E-state index contributed by atoms with van der Waals surface area (Å²) in [6, 6.07) is 18.3. The van der Waals surface area contributed by atoms with Crippen LogP contribution in [0.5, 0.6) is 17.2 Å². The second kappa shape index (κ2) is 9.62. The van der Waals surface area contributed by atoms with E-state index in [-0.39, 0.29) is 5.56 Å². The molecule has 7 nitrogen and oxygen atoms in total. The van der Waals surface area contributed by atoms with E-state index in [0.29, 0.717) is 46.7 Å². The molecule has 1 heterocycles. The zero-order valence-corrected chi connectivity index (χ0v) is 17.9.